The van der Waals surface area contributed by atoms with Crippen molar-refractivity contribution in [3.8, 4) is 5.75 Å². The Morgan fingerprint density at radius 1 is 1.17 bits per heavy atom. The van der Waals surface area contributed by atoms with Gasteiger partial charge < -0.3 is 14.2 Å². The largest absolute Gasteiger partial charge is 0.487 e. The second-order valence-corrected chi connectivity index (χ2v) is 6.19. The molecule has 0 radical (unpaired) electrons. The van der Waals surface area contributed by atoms with Crippen LogP contribution in [0.25, 0.3) is 0 Å². The van der Waals surface area contributed by atoms with Gasteiger partial charge in [-0.3, -0.25) is 4.98 Å². The summed E-state index contributed by atoms with van der Waals surface area (Å²) in [6, 6.07) is 10.0. The molecule has 0 fully saturated rings. The van der Waals surface area contributed by atoms with Gasteiger partial charge in [0, 0.05) is 17.3 Å². The molecule has 3 rings (SSSR count). The monoisotopic (exact) mass is 333 g/mol. The van der Waals surface area contributed by atoms with E-state index in [0.717, 1.165) is 22.4 Å². The fraction of sp³-hybridized carbons (Fsp3) is 0.389. The highest BCUT2D eigenvalue weighted by Gasteiger charge is 2.27. The number of rotatable bonds is 4. The van der Waals surface area contributed by atoms with E-state index in [1.165, 1.54) is 0 Å². The van der Waals surface area contributed by atoms with Crippen LogP contribution in [0.5, 0.6) is 5.75 Å². The lowest BCUT2D eigenvalue weighted by Gasteiger charge is -2.22. The molecule has 1 aromatic carbocycles. The van der Waals surface area contributed by atoms with Crippen LogP contribution in [0.4, 0.5) is 0 Å². The first-order valence-corrected chi connectivity index (χ1v) is 8.13. The fourth-order valence-electron chi connectivity index (χ4n) is 2.43. The maximum Gasteiger partial charge on any atom is 0.163 e. The summed E-state index contributed by atoms with van der Waals surface area (Å²) >= 11 is 6.04. The maximum absolute atomic E-state index is 6.05. The molecule has 1 aliphatic rings. The molecule has 0 amide bonds. The molecule has 4 nitrogen and oxygen atoms in total. The van der Waals surface area contributed by atoms with Gasteiger partial charge in [0.25, 0.3) is 0 Å². The van der Waals surface area contributed by atoms with Gasteiger partial charge in [0.05, 0.1) is 24.8 Å². The van der Waals surface area contributed by atoms with Crippen LogP contribution in [-0.4, -0.2) is 10.8 Å². The number of aromatic nitrogens is 1. The molecule has 0 unspecified atom stereocenters. The minimum atomic E-state index is -0.628. The normalized spacial score (nSPS) is 16.5. The van der Waals surface area contributed by atoms with Crippen molar-refractivity contribution in [1.29, 1.82) is 0 Å². The van der Waals surface area contributed by atoms with Crippen molar-refractivity contribution in [2.45, 2.75) is 45.3 Å². The third-order valence-electron chi connectivity index (χ3n) is 3.79. The second-order valence-electron chi connectivity index (χ2n) is 5.92. The quantitative estimate of drug-likeness (QED) is 0.787. The number of hydrogen-bond acceptors (Lipinski definition) is 4. The third kappa shape index (κ3) is 3.83. The van der Waals surface area contributed by atoms with E-state index in [1.807, 2.05) is 44.2 Å². The molecule has 5 heteroatoms. The summed E-state index contributed by atoms with van der Waals surface area (Å²) in [5, 5.41) is 0. The van der Waals surface area contributed by atoms with Crippen molar-refractivity contribution >= 4 is 11.6 Å². The summed E-state index contributed by atoms with van der Waals surface area (Å²) in [4.78, 5) is 4.42. The molecule has 0 saturated heterocycles. The summed E-state index contributed by atoms with van der Waals surface area (Å²) in [7, 11) is 0. The van der Waals surface area contributed by atoms with Gasteiger partial charge in [0.1, 0.15) is 12.4 Å². The molecule has 0 spiro atoms. The van der Waals surface area contributed by atoms with Crippen LogP contribution in [0.2, 0.25) is 0 Å². The average molecular weight is 334 g/mol. The predicted octanol–water partition coefficient (Wildman–Crippen LogP) is 4.18. The van der Waals surface area contributed by atoms with Crippen molar-refractivity contribution in [1.82, 2.24) is 4.98 Å². The van der Waals surface area contributed by atoms with Gasteiger partial charge in [0.2, 0.25) is 0 Å². The lowest BCUT2D eigenvalue weighted by Crippen LogP contribution is -2.25. The molecule has 2 aromatic rings. The molecule has 1 aromatic heterocycles. The van der Waals surface area contributed by atoms with Gasteiger partial charge in [-0.1, -0.05) is 30.3 Å². The van der Waals surface area contributed by atoms with Crippen molar-refractivity contribution in [3.05, 3.63) is 58.9 Å². The highest BCUT2D eigenvalue weighted by atomic mass is 35.5. The number of fused-ring (bicyclic) bond motifs is 1. The van der Waals surface area contributed by atoms with E-state index in [4.69, 9.17) is 25.8 Å². The summed E-state index contributed by atoms with van der Waals surface area (Å²) in [5.41, 5.74) is 3.77. The average Bonchev–Trinajstić information content (AvgIpc) is 2.72. The van der Waals surface area contributed by atoms with Gasteiger partial charge >= 0.3 is 0 Å². The minimum Gasteiger partial charge on any atom is -0.487 e. The Hall–Kier alpha value is -1.62. The van der Waals surface area contributed by atoms with Crippen LogP contribution in [0.15, 0.2) is 36.5 Å². The van der Waals surface area contributed by atoms with Gasteiger partial charge in [0.15, 0.2) is 5.79 Å². The van der Waals surface area contributed by atoms with Gasteiger partial charge in [-0.2, -0.15) is 0 Å². The number of nitrogens with zero attached hydrogens (tertiary/aromatic N) is 1. The zero-order chi connectivity index (χ0) is 16.3. The van der Waals surface area contributed by atoms with E-state index in [-0.39, 0.29) is 0 Å². The lowest BCUT2D eigenvalue weighted by atomic mass is 10.1. The van der Waals surface area contributed by atoms with Crippen LogP contribution >= 0.6 is 11.6 Å². The predicted molar refractivity (Wildman–Crippen MR) is 88.2 cm³/mol. The Morgan fingerprint density at radius 3 is 2.65 bits per heavy atom. The first-order valence-electron chi connectivity index (χ1n) is 7.59. The molecule has 0 bridgehead atoms. The van der Waals surface area contributed by atoms with Crippen LogP contribution in [-0.2, 0) is 35.2 Å². The number of alkyl halides is 1. The van der Waals surface area contributed by atoms with Crippen molar-refractivity contribution < 1.29 is 14.2 Å². The number of ether oxygens (including phenoxy) is 3. The van der Waals surface area contributed by atoms with Gasteiger partial charge in [-0.15, -0.1) is 11.6 Å². The van der Waals surface area contributed by atoms with Crippen molar-refractivity contribution in [2.24, 2.45) is 0 Å². The molecule has 0 aliphatic carbocycles. The summed E-state index contributed by atoms with van der Waals surface area (Å²) in [6.07, 6.45) is 1.80. The molecule has 1 aliphatic heterocycles. The van der Waals surface area contributed by atoms with E-state index in [9.17, 15) is 0 Å². The van der Waals surface area contributed by atoms with Crippen LogP contribution in [0.1, 0.15) is 36.2 Å². The number of halogens is 1. The zero-order valence-corrected chi connectivity index (χ0v) is 14.1. The van der Waals surface area contributed by atoms with Gasteiger partial charge in [-0.25, -0.2) is 0 Å². The molecule has 0 atom stereocenters. The van der Waals surface area contributed by atoms with Gasteiger partial charge in [-0.05, 0) is 19.4 Å². The number of benzene rings is 1. The summed E-state index contributed by atoms with van der Waals surface area (Å²) in [5.74, 6) is 0.376. The molecular weight excluding hydrogens is 314 g/mol. The van der Waals surface area contributed by atoms with Crippen molar-refractivity contribution in [3.63, 3.8) is 0 Å². The fourth-order valence-corrected chi connectivity index (χ4v) is 2.62. The van der Waals surface area contributed by atoms with Crippen LogP contribution in [0.3, 0.4) is 0 Å². The molecule has 122 valence electrons. The lowest BCUT2D eigenvalue weighted by molar-refractivity contribution is -0.219. The Labute approximate surface area is 141 Å². The maximum atomic E-state index is 6.05. The smallest absolute Gasteiger partial charge is 0.163 e. The Morgan fingerprint density at radius 2 is 1.91 bits per heavy atom. The minimum absolute atomic E-state index is 0.293. The van der Waals surface area contributed by atoms with Crippen LogP contribution < -0.4 is 4.74 Å². The van der Waals surface area contributed by atoms with E-state index in [1.54, 1.807) is 6.20 Å². The van der Waals surface area contributed by atoms with E-state index in [2.05, 4.69) is 4.98 Å². The first-order chi connectivity index (χ1) is 11.1. The summed E-state index contributed by atoms with van der Waals surface area (Å²) in [6.45, 7) is 5.13. The SMILES string of the molecule is CC1(C)OCc2cnc(CCl)c(OCc3ccccc3)c2CO1. The van der Waals surface area contributed by atoms with Crippen molar-refractivity contribution in [2.75, 3.05) is 0 Å². The topological polar surface area (TPSA) is 40.6 Å². The highest BCUT2D eigenvalue weighted by Crippen LogP contribution is 2.33. The highest BCUT2D eigenvalue weighted by molar-refractivity contribution is 6.17. The molecule has 2 heterocycles. The van der Waals surface area contributed by atoms with E-state index in [0.29, 0.717) is 31.5 Å². The number of pyridine rings is 1. The van der Waals surface area contributed by atoms with E-state index >= 15 is 0 Å². The molecule has 0 N–H and O–H groups in total. The Kier molecular flexibility index (Phi) is 4.85. The van der Waals surface area contributed by atoms with Crippen LogP contribution in [0, 0.1) is 0 Å². The standard InChI is InChI=1S/C18H20ClNO3/c1-18(2)22-11-14-9-20-16(8-19)17(15(14)12-23-18)21-10-13-6-4-3-5-7-13/h3-7,9H,8,10-12H2,1-2H3. The number of hydrogen-bond donors (Lipinski definition) is 0. The second kappa shape index (κ2) is 6.87. The first kappa shape index (κ1) is 16.2. The molecular formula is C18H20ClNO3. The summed E-state index contributed by atoms with van der Waals surface area (Å²) < 4.78 is 17.6. The zero-order valence-electron chi connectivity index (χ0n) is 13.3. The third-order valence-corrected chi connectivity index (χ3v) is 4.05. The Balaban J connectivity index is 1.89. The van der Waals surface area contributed by atoms with E-state index < -0.39 is 5.79 Å². The Bertz CT molecular complexity index is 673. The molecule has 0 saturated carbocycles. The molecule has 23 heavy (non-hydrogen) atoms.